The molecule has 0 aromatic heterocycles. The van der Waals surface area contributed by atoms with E-state index in [9.17, 15) is 45.4 Å². The summed E-state index contributed by atoms with van der Waals surface area (Å²) in [5.74, 6) is 6.45. The van der Waals surface area contributed by atoms with Crippen LogP contribution in [-0.2, 0) is 45.1 Å². The predicted molar refractivity (Wildman–Crippen MR) is 195 cm³/mol. The van der Waals surface area contributed by atoms with E-state index in [1.165, 1.54) is 0 Å². The maximum Gasteiger partial charge on any atom is 0.425 e. The van der Waals surface area contributed by atoms with Gasteiger partial charge in [0.25, 0.3) is 20.2 Å². The van der Waals surface area contributed by atoms with E-state index < -0.39 is 89.5 Å². The minimum atomic E-state index is -4.39. The second kappa shape index (κ2) is 23.3. The highest BCUT2D eigenvalue weighted by Gasteiger charge is 2.31. The van der Waals surface area contributed by atoms with Crippen LogP contribution in [0.2, 0.25) is 0 Å². The number of amides is 1. The van der Waals surface area contributed by atoms with Crippen LogP contribution in [0.25, 0.3) is 0 Å². The number of carbonyl (C=O) groups excluding carboxylic acids is 2. The number of ether oxygens (including phenoxy) is 5. The highest BCUT2D eigenvalue weighted by Crippen LogP contribution is 2.44. The fourth-order valence-electron chi connectivity index (χ4n) is 3.85. The van der Waals surface area contributed by atoms with Crippen molar-refractivity contribution >= 4 is 48.9 Å². The molecule has 0 saturated heterocycles. The minimum absolute atomic E-state index is 0.0118. The van der Waals surface area contributed by atoms with Gasteiger partial charge in [0.1, 0.15) is 27.9 Å². The monoisotopic (exact) mass is 841 g/mol. The van der Waals surface area contributed by atoms with Crippen LogP contribution in [-0.4, -0.2) is 111 Å². The van der Waals surface area contributed by atoms with Crippen LogP contribution in [0.1, 0.15) is 102 Å². The van der Waals surface area contributed by atoms with Crippen molar-refractivity contribution in [1.82, 2.24) is 5.32 Å². The van der Waals surface area contributed by atoms with Gasteiger partial charge in [-0.1, -0.05) is 30.6 Å². The van der Waals surface area contributed by atoms with Crippen LogP contribution in [0.4, 0.5) is 4.79 Å². The zero-order valence-electron chi connectivity index (χ0n) is 31.5. The Morgan fingerprint density at radius 2 is 1.16 bits per heavy atom. The molecule has 0 spiro atoms. The van der Waals surface area contributed by atoms with Crippen LogP contribution in [0, 0.1) is 23.7 Å². The Balaban J connectivity index is 0.00000692. The molecule has 22 heteroatoms. The van der Waals surface area contributed by atoms with Crippen molar-refractivity contribution in [2.24, 2.45) is 0 Å². The lowest BCUT2D eigenvalue weighted by Gasteiger charge is -2.21. The van der Waals surface area contributed by atoms with E-state index in [2.05, 4.69) is 29.0 Å². The van der Waals surface area contributed by atoms with E-state index in [1.807, 2.05) is 0 Å². The molecule has 310 valence electrons. The van der Waals surface area contributed by atoms with E-state index in [1.54, 1.807) is 48.5 Å². The van der Waals surface area contributed by atoms with Gasteiger partial charge in [0, 0.05) is 6.42 Å². The van der Waals surface area contributed by atoms with Crippen LogP contribution < -0.4 is 19.5 Å². The van der Waals surface area contributed by atoms with Gasteiger partial charge < -0.3 is 34.1 Å². The number of benzene rings is 1. The summed E-state index contributed by atoms with van der Waals surface area (Å²) >= 11 is 0. The first-order chi connectivity index (χ1) is 25.2. The zero-order chi connectivity index (χ0) is 42.6. The molecule has 19 nitrogen and oxygen atoms in total. The van der Waals surface area contributed by atoms with Gasteiger partial charge in [0.15, 0.2) is 17.2 Å². The molecule has 1 amide bonds. The Hall–Kier alpha value is -4.61. The third-order valence-electron chi connectivity index (χ3n) is 5.63. The molecule has 55 heavy (non-hydrogen) atoms. The number of esters is 1. The van der Waals surface area contributed by atoms with Crippen molar-refractivity contribution in [3.05, 3.63) is 16.7 Å². The van der Waals surface area contributed by atoms with Crippen molar-refractivity contribution in [2.75, 3.05) is 37.9 Å². The Labute approximate surface area is 322 Å². The van der Waals surface area contributed by atoms with E-state index in [0.717, 1.165) is 0 Å². The number of carbonyl (C=O) groups is 3. The molecule has 0 saturated carbocycles. The number of hydrogen-bond donors (Lipinski definition) is 4. The maximum absolute atomic E-state index is 12.8. The molecule has 0 aliphatic carbocycles. The summed E-state index contributed by atoms with van der Waals surface area (Å²) in [6.07, 6.45) is -1.05. The van der Waals surface area contributed by atoms with Gasteiger partial charge in [0.2, 0.25) is 0 Å². The lowest BCUT2D eigenvalue weighted by atomic mass is 9.99. The molecule has 0 unspecified atom stereocenters. The molecule has 0 atom stereocenters. The molecule has 0 aliphatic heterocycles. The molecule has 0 aliphatic rings. The lowest BCUT2D eigenvalue weighted by Crippen LogP contribution is -2.32. The quantitative estimate of drug-likeness (QED) is 0.0759. The average Bonchev–Trinajstić information content (AvgIpc) is 2.98. The second-order valence-corrected chi connectivity index (χ2v) is 16.5. The zero-order valence-corrected chi connectivity index (χ0v) is 33.9. The summed E-state index contributed by atoms with van der Waals surface area (Å²) in [5, 5.41) is 12.8. The number of hydrogen-bond acceptors (Lipinski definition) is 15. The van der Waals surface area contributed by atoms with Crippen molar-refractivity contribution in [3.8, 4) is 40.9 Å². The molecular formula is C33H47NO18S3. The summed E-state index contributed by atoms with van der Waals surface area (Å²) in [6.45, 7) is 10.7. The lowest BCUT2D eigenvalue weighted by molar-refractivity contribution is -0.154. The smallest absolute Gasteiger partial charge is 0.425 e. The Morgan fingerprint density at radius 3 is 1.58 bits per heavy atom. The van der Waals surface area contributed by atoms with Crippen molar-refractivity contribution in [2.45, 2.75) is 91.8 Å². The normalized spacial score (nSPS) is 11.2. The van der Waals surface area contributed by atoms with Crippen molar-refractivity contribution < 1.29 is 81.7 Å². The molecular weight excluding hydrogens is 795 g/mol. The SMILES string of the molecule is CCCOc1c(C#CCCC(=O)OC(C)(C)C)c(OCCCS(=O)(=O)O)c(C#CCNC(=O)OC(C)(C)C)c(OCCCS(=O)(=O)O)c1C(=O)O.O=S(=O)=O. The largest absolute Gasteiger partial charge is 0.491 e. The molecule has 0 fully saturated rings. The predicted octanol–water partition coefficient (Wildman–Crippen LogP) is 2.83. The Kier molecular flexibility index (Phi) is 21.4. The summed E-state index contributed by atoms with van der Waals surface area (Å²) < 4.78 is 117. The molecule has 1 aromatic carbocycles. The van der Waals surface area contributed by atoms with E-state index in [0.29, 0.717) is 6.42 Å². The summed E-state index contributed by atoms with van der Waals surface area (Å²) in [6, 6.07) is 0. The Morgan fingerprint density at radius 1 is 0.727 bits per heavy atom. The first kappa shape index (κ1) is 50.4. The van der Waals surface area contributed by atoms with Gasteiger partial charge in [0.05, 0.1) is 44.3 Å². The standard InChI is InChI=1S/C33H47NO15S2.O3S/c1-8-18-45-28-23(14-9-10-16-25(35)48-32(2,3)4)27(46-19-12-21-50(39,40)41)24(15-11-17-34-31(38)49-33(5,6)7)29(26(28)30(36)37)47-20-13-22-51(42,43)44;1-4(2)3/h8,10,12-13,16-22H2,1-7H3,(H,34,38)(H,36,37)(H,39,40,41)(H,42,43,44);. The van der Waals surface area contributed by atoms with Gasteiger partial charge in [-0.05, 0) is 60.8 Å². The molecule has 1 aromatic rings. The number of rotatable bonds is 17. The second-order valence-electron chi connectivity index (χ2n) is 13.0. The van der Waals surface area contributed by atoms with Gasteiger partial charge >= 0.3 is 28.6 Å². The van der Waals surface area contributed by atoms with Crippen LogP contribution in [0.5, 0.6) is 17.2 Å². The van der Waals surface area contributed by atoms with Crippen LogP contribution in [0.3, 0.4) is 0 Å². The number of carboxylic acids is 1. The maximum atomic E-state index is 12.8. The number of aromatic carboxylic acids is 1. The van der Waals surface area contributed by atoms with Gasteiger partial charge in [-0.3, -0.25) is 13.9 Å². The Bertz CT molecular complexity index is 1950. The van der Waals surface area contributed by atoms with Crippen LogP contribution in [0.15, 0.2) is 0 Å². The van der Waals surface area contributed by atoms with Crippen molar-refractivity contribution in [3.63, 3.8) is 0 Å². The first-order valence-corrected chi connectivity index (χ1v) is 20.6. The highest BCUT2D eigenvalue weighted by molar-refractivity contribution is 7.86. The van der Waals surface area contributed by atoms with Crippen LogP contribution >= 0.6 is 0 Å². The summed E-state index contributed by atoms with van der Waals surface area (Å²) in [5.41, 5.74) is -2.51. The number of nitrogens with one attached hydrogen (secondary N) is 1. The average molecular weight is 842 g/mol. The van der Waals surface area contributed by atoms with Gasteiger partial charge in [-0.25, -0.2) is 9.59 Å². The minimum Gasteiger partial charge on any atom is -0.491 e. The molecule has 0 radical (unpaired) electrons. The topological polar surface area (TPSA) is 290 Å². The third-order valence-corrected chi connectivity index (χ3v) is 7.24. The number of carboxylic acid groups (broad SMARTS) is 1. The number of alkyl carbamates (subject to hydrolysis) is 1. The highest BCUT2D eigenvalue weighted by atomic mass is 32.2. The molecule has 0 heterocycles. The summed E-state index contributed by atoms with van der Waals surface area (Å²) in [4.78, 5) is 37.3. The van der Waals surface area contributed by atoms with E-state index >= 15 is 0 Å². The fraction of sp³-hybridized carbons (Fsp3) is 0.606. The van der Waals surface area contributed by atoms with E-state index in [-0.39, 0.29) is 68.1 Å². The summed E-state index contributed by atoms with van der Waals surface area (Å²) in [7, 11) is -11.9. The fourth-order valence-corrected chi connectivity index (χ4v) is 4.81. The first-order valence-electron chi connectivity index (χ1n) is 16.4. The third kappa shape index (κ3) is 24.4. The van der Waals surface area contributed by atoms with Gasteiger partial charge in [-0.2, -0.15) is 16.8 Å². The van der Waals surface area contributed by atoms with Crippen molar-refractivity contribution in [1.29, 1.82) is 0 Å². The van der Waals surface area contributed by atoms with E-state index in [4.69, 9.17) is 36.3 Å². The molecule has 1 rings (SSSR count). The molecule has 0 bridgehead atoms. The molecule has 4 N–H and O–H groups in total. The van der Waals surface area contributed by atoms with Gasteiger partial charge in [-0.15, -0.1) is 12.6 Å².